The van der Waals surface area contributed by atoms with Crippen LogP contribution in [0.3, 0.4) is 0 Å². The molecule has 5 heteroatoms. The molecule has 0 saturated heterocycles. The SMILES string of the molecule is COc1ccc(CCN)cc1-c1ccc(C(F)(F)F)cc1. The van der Waals surface area contributed by atoms with Gasteiger partial charge in [0.15, 0.2) is 0 Å². The number of hydrogen-bond acceptors (Lipinski definition) is 2. The zero-order chi connectivity index (χ0) is 15.5. The molecule has 0 aliphatic heterocycles. The Morgan fingerprint density at radius 1 is 1.05 bits per heavy atom. The van der Waals surface area contributed by atoms with Gasteiger partial charge in [-0.05, 0) is 48.4 Å². The molecule has 2 N–H and O–H groups in total. The van der Waals surface area contributed by atoms with Crippen LogP contribution >= 0.6 is 0 Å². The standard InChI is InChI=1S/C16H16F3NO/c1-21-15-7-2-11(8-9-20)10-14(15)12-3-5-13(6-4-12)16(17,18)19/h2-7,10H,8-9,20H2,1H3. The maximum absolute atomic E-state index is 12.6. The molecule has 0 aromatic heterocycles. The monoisotopic (exact) mass is 295 g/mol. The van der Waals surface area contributed by atoms with Crippen LogP contribution < -0.4 is 10.5 Å². The van der Waals surface area contributed by atoms with Gasteiger partial charge in [-0.15, -0.1) is 0 Å². The lowest BCUT2D eigenvalue weighted by molar-refractivity contribution is -0.137. The van der Waals surface area contributed by atoms with Crippen molar-refractivity contribution in [2.24, 2.45) is 5.73 Å². The topological polar surface area (TPSA) is 35.2 Å². The van der Waals surface area contributed by atoms with E-state index < -0.39 is 11.7 Å². The fourth-order valence-electron chi connectivity index (χ4n) is 2.14. The summed E-state index contributed by atoms with van der Waals surface area (Å²) in [6, 6.07) is 10.7. The lowest BCUT2D eigenvalue weighted by atomic mass is 9.99. The highest BCUT2D eigenvalue weighted by atomic mass is 19.4. The molecule has 112 valence electrons. The summed E-state index contributed by atoms with van der Waals surface area (Å²) in [7, 11) is 1.53. The molecule has 21 heavy (non-hydrogen) atoms. The fraction of sp³-hybridized carbons (Fsp3) is 0.250. The Kier molecular flexibility index (Phi) is 4.53. The van der Waals surface area contributed by atoms with E-state index in [1.54, 1.807) is 6.07 Å². The van der Waals surface area contributed by atoms with Crippen LogP contribution in [0.15, 0.2) is 42.5 Å². The third kappa shape index (κ3) is 3.55. The van der Waals surface area contributed by atoms with Gasteiger partial charge in [-0.3, -0.25) is 0 Å². The van der Waals surface area contributed by atoms with Crippen molar-refractivity contribution in [3.8, 4) is 16.9 Å². The van der Waals surface area contributed by atoms with Crippen molar-refractivity contribution in [2.75, 3.05) is 13.7 Å². The highest BCUT2D eigenvalue weighted by Gasteiger charge is 2.30. The van der Waals surface area contributed by atoms with Crippen LogP contribution in [0.5, 0.6) is 5.75 Å². The summed E-state index contributed by atoms with van der Waals surface area (Å²) in [6.07, 6.45) is -3.62. The summed E-state index contributed by atoms with van der Waals surface area (Å²) in [5, 5.41) is 0. The van der Waals surface area contributed by atoms with Crippen LogP contribution in [0, 0.1) is 0 Å². The van der Waals surface area contributed by atoms with E-state index in [4.69, 9.17) is 10.5 Å². The molecule has 0 fully saturated rings. The number of ether oxygens (including phenoxy) is 1. The average Bonchev–Trinajstić information content (AvgIpc) is 2.47. The average molecular weight is 295 g/mol. The number of alkyl halides is 3. The van der Waals surface area contributed by atoms with Gasteiger partial charge in [-0.25, -0.2) is 0 Å². The first-order valence-corrected chi connectivity index (χ1v) is 6.50. The van der Waals surface area contributed by atoms with Crippen molar-refractivity contribution >= 4 is 0 Å². The molecule has 0 amide bonds. The van der Waals surface area contributed by atoms with Crippen LogP contribution in [0.25, 0.3) is 11.1 Å². The number of halogens is 3. The maximum atomic E-state index is 12.6. The summed E-state index contributed by atoms with van der Waals surface area (Å²) in [5.41, 5.74) is 7.33. The Balaban J connectivity index is 2.42. The molecule has 2 rings (SSSR count). The molecular formula is C16H16F3NO. The lowest BCUT2D eigenvalue weighted by Gasteiger charge is -2.12. The van der Waals surface area contributed by atoms with E-state index in [2.05, 4.69) is 0 Å². The Bertz CT molecular complexity index is 606. The fourth-order valence-corrected chi connectivity index (χ4v) is 2.14. The molecule has 2 aromatic rings. The molecule has 0 saturated carbocycles. The van der Waals surface area contributed by atoms with Crippen molar-refractivity contribution < 1.29 is 17.9 Å². The van der Waals surface area contributed by atoms with Crippen molar-refractivity contribution in [3.05, 3.63) is 53.6 Å². The number of benzene rings is 2. The van der Waals surface area contributed by atoms with Gasteiger partial charge in [0.2, 0.25) is 0 Å². The number of hydrogen-bond donors (Lipinski definition) is 1. The van der Waals surface area contributed by atoms with E-state index in [9.17, 15) is 13.2 Å². The van der Waals surface area contributed by atoms with E-state index in [0.717, 1.165) is 23.3 Å². The third-order valence-electron chi connectivity index (χ3n) is 3.22. The first kappa shape index (κ1) is 15.4. The molecule has 0 unspecified atom stereocenters. The summed E-state index contributed by atoms with van der Waals surface area (Å²) < 4.78 is 43.1. The largest absolute Gasteiger partial charge is 0.496 e. The Morgan fingerprint density at radius 2 is 1.71 bits per heavy atom. The minimum absolute atomic E-state index is 0.513. The van der Waals surface area contributed by atoms with E-state index in [0.29, 0.717) is 24.3 Å². The molecule has 0 atom stereocenters. The predicted molar refractivity (Wildman–Crippen MR) is 76.2 cm³/mol. The number of methoxy groups -OCH3 is 1. The lowest BCUT2D eigenvalue weighted by Crippen LogP contribution is -2.04. The minimum atomic E-state index is -4.33. The van der Waals surface area contributed by atoms with Crippen LogP contribution in [0.4, 0.5) is 13.2 Å². The van der Waals surface area contributed by atoms with Crippen LogP contribution in [0.2, 0.25) is 0 Å². The van der Waals surface area contributed by atoms with Crippen molar-refractivity contribution in [1.29, 1.82) is 0 Å². The molecule has 0 aliphatic rings. The van der Waals surface area contributed by atoms with Gasteiger partial charge in [0, 0.05) is 5.56 Å². The summed E-state index contributed by atoms with van der Waals surface area (Å²) in [5.74, 6) is 0.621. The first-order chi connectivity index (χ1) is 9.95. The molecule has 2 nitrogen and oxygen atoms in total. The molecule has 0 aliphatic carbocycles. The number of rotatable bonds is 4. The van der Waals surface area contributed by atoms with Gasteiger partial charge in [0.25, 0.3) is 0 Å². The molecule has 0 radical (unpaired) electrons. The minimum Gasteiger partial charge on any atom is -0.496 e. The zero-order valence-corrected chi connectivity index (χ0v) is 11.6. The Hall–Kier alpha value is -2.01. The van der Waals surface area contributed by atoms with E-state index in [-0.39, 0.29) is 0 Å². The van der Waals surface area contributed by atoms with Gasteiger partial charge < -0.3 is 10.5 Å². The van der Waals surface area contributed by atoms with Crippen LogP contribution in [-0.2, 0) is 12.6 Å². The maximum Gasteiger partial charge on any atom is 0.416 e. The van der Waals surface area contributed by atoms with Gasteiger partial charge in [0.1, 0.15) is 5.75 Å². The van der Waals surface area contributed by atoms with Gasteiger partial charge >= 0.3 is 6.18 Å². The van der Waals surface area contributed by atoms with E-state index in [1.165, 1.54) is 19.2 Å². The van der Waals surface area contributed by atoms with E-state index in [1.807, 2.05) is 12.1 Å². The predicted octanol–water partition coefficient (Wildman–Crippen LogP) is 3.88. The normalized spacial score (nSPS) is 11.5. The second-order valence-electron chi connectivity index (χ2n) is 4.65. The van der Waals surface area contributed by atoms with Gasteiger partial charge in [0.05, 0.1) is 12.7 Å². The highest BCUT2D eigenvalue weighted by molar-refractivity contribution is 5.71. The van der Waals surface area contributed by atoms with Crippen molar-refractivity contribution in [1.82, 2.24) is 0 Å². The Labute approximate surface area is 121 Å². The van der Waals surface area contributed by atoms with Crippen molar-refractivity contribution in [2.45, 2.75) is 12.6 Å². The summed E-state index contributed by atoms with van der Waals surface area (Å²) >= 11 is 0. The molecule has 0 bridgehead atoms. The zero-order valence-electron chi connectivity index (χ0n) is 11.6. The molecule has 0 heterocycles. The summed E-state index contributed by atoms with van der Waals surface area (Å²) in [4.78, 5) is 0. The van der Waals surface area contributed by atoms with Gasteiger partial charge in [-0.1, -0.05) is 18.2 Å². The van der Waals surface area contributed by atoms with Crippen LogP contribution in [0.1, 0.15) is 11.1 Å². The second kappa shape index (κ2) is 6.18. The molecule has 0 spiro atoms. The van der Waals surface area contributed by atoms with Gasteiger partial charge in [-0.2, -0.15) is 13.2 Å². The third-order valence-corrected chi connectivity index (χ3v) is 3.22. The van der Waals surface area contributed by atoms with Crippen molar-refractivity contribution in [3.63, 3.8) is 0 Å². The quantitative estimate of drug-likeness (QED) is 0.929. The molecular weight excluding hydrogens is 279 g/mol. The highest BCUT2D eigenvalue weighted by Crippen LogP contribution is 2.34. The summed E-state index contributed by atoms with van der Waals surface area (Å²) in [6.45, 7) is 0.513. The first-order valence-electron chi connectivity index (χ1n) is 6.50. The second-order valence-corrected chi connectivity index (χ2v) is 4.65. The van der Waals surface area contributed by atoms with Crippen LogP contribution in [-0.4, -0.2) is 13.7 Å². The smallest absolute Gasteiger partial charge is 0.416 e. The Morgan fingerprint density at radius 3 is 2.24 bits per heavy atom. The number of nitrogens with two attached hydrogens (primary N) is 1. The molecule has 2 aromatic carbocycles. The van der Waals surface area contributed by atoms with E-state index >= 15 is 0 Å².